The van der Waals surface area contributed by atoms with Crippen molar-refractivity contribution in [3.05, 3.63) is 35.1 Å². The van der Waals surface area contributed by atoms with Gasteiger partial charge in [-0.15, -0.1) is 11.6 Å². The molecular weight excluding hydrogens is 241 g/mol. The van der Waals surface area contributed by atoms with Gasteiger partial charge in [-0.05, 0) is 43.0 Å². The highest BCUT2D eigenvalue weighted by molar-refractivity contribution is 6.18. The average Bonchev–Trinajstić information content (AvgIpc) is 2.75. The minimum absolute atomic E-state index is 0.0970. The van der Waals surface area contributed by atoms with E-state index in [1.54, 1.807) is 17.9 Å². The summed E-state index contributed by atoms with van der Waals surface area (Å²) in [6.07, 6.45) is 0.934. The van der Waals surface area contributed by atoms with Crippen molar-refractivity contribution in [3.8, 4) is 0 Å². The number of halogens is 2. The number of hydrogen-bond donors (Lipinski definition) is 0. The maximum atomic E-state index is 13.2. The first-order chi connectivity index (χ1) is 8.10. The molecule has 1 heterocycles. The largest absolute Gasteiger partial charge is 0.338 e. The average molecular weight is 256 g/mol. The molecule has 0 bridgehead atoms. The van der Waals surface area contributed by atoms with E-state index in [9.17, 15) is 9.18 Å². The number of hydrogen-bond acceptors (Lipinski definition) is 1. The van der Waals surface area contributed by atoms with Crippen LogP contribution in [0.4, 0.5) is 4.39 Å². The second-order valence-electron chi connectivity index (χ2n) is 4.58. The smallest absolute Gasteiger partial charge is 0.253 e. The maximum absolute atomic E-state index is 13.2. The van der Waals surface area contributed by atoms with E-state index in [0.29, 0.717) is 30.5 Å². The van der Waals surface area contributed by atoms with Crippen molar-refractivity contribution < 1.29 is 9.18 Å². The summed E-state index contributed by atoms with van der Waals surface area (Å²) in [7, 11) is 0. The Morgan fingerprint density at radius 2 is 2.29 bits per heavy atom. The molecule has 0 spiro atoms. The van der Waals surface area contributed by atoms with Crippen LogP contribution in [0.2, 0.25) is 0 Å². The Balaban J connectivity index is 2.14. The third-order valence-electron chi connectivity index (χ3n) is 3.08. The lowest BCUT2D eigenvalue weighted by atomic mass is 10.1. The molecule has 0 radical (unpaired) electrons. The molecule has 0 aliphatic carbocycles. The third-order valence-corrected chi connectivity index (χ3v) is 3.52. The molecule has 1 fully saturated rings. The van der Waals surface area contributed by atoms with E-state index in [2.05, 4.69) is 0 Å². The van der Waals surface area contributed by atoms with Crippen molar-refractivity contribution in [2.45, 2.75) is 13.3 Å². The molecule has 0 N–H and O–H groups in total. The Morgan fingerprint density at radius 3 is 2.88 bits per heavy atom. The number of carbonyl (C=O) groups is 1. The van der Waals surface area contributed by atoms with Crippen molar-refractivity contribution in [3.63, 3.8) is 0 Å². The molecule has 2 nitrogen and oxygen atoms in total. The second kappa shape index (κ2) is 5.05. The minimum atomic E-state index is -0.360. The topological polar surface area (TPSA) is 20.3 Å². The van der Waals surface area contributed by atoms with Gasteiger partial charge in [-0.1, -0.05) is 0 Å². The molecule has 1 atom stereocenters. The monoisotopic (exact) mass is 255 g/mol. The van der Waals surface area contributed by atoms with Gasteiger partial charge in [0.25, 0.3) is 5.91 Å². The van der Waals surface area contributed by atoms with Crippen LogP contribution in [0, 0.1) is 18.7 Å². The lowest BCUT2D eigenvalue weighted by Crippen LogP contribution is -2.29. The van der Waals surface area contributed by atoms with E-state index in [-0.39, 0.29) is 11.7 Å². The van der Waals surface area contributed by atoms with Gasteiger partial charge in [0.05, 0.1) is 0 Å². The lowest BCUT2D eigenvalue weighted by Gasteiger charge is -2.16. The zero-order valence-corrected chi connectivity index (χ0v) is 10.5. The van der Waals surface area contributed by atoms with Crippen molar-refractivity contribution in [2.24, 2.45) is 5.92 Å². The van der Waals surface area contributed by atoms with Gasteiger partial charge < -0.3 is 4.90 Å². The van der Waals surface area contributed by atoms with Crippen LogP contribution in [0.25, 0.3) is 0 Å². The fourth-order valence-corrected chi connectivity index (χ4v) is 2.44. The Bertz CT molecular complexity index is 415. The summed E-state index contributed by atoms with van der Waals surface area (Å²) in [4.78, 5) is 13.9. The van der Waals surface area contributed by atoms with Crippen LogP contribution < -0.4 is 0 Å². The Morgan fingerprint density at radius 1 is 1.53 bits per heavy atom. The first-order valence-corrected chi connectivity index (χ1v) is 6.26. The summed E-state index contributed by atoms with van der Waals surface area (Å²) < 4.78 is 13.2. The van der Waals surface area contributed by atoms with E-state index < -0.39 is 0 Å². The van der Waals surface area contributed by atoms with Gasteiger partial charge in [0.15, 0.2) is 0 Å². The van der Waals surface area contributed by atoms with Crippen LogP contribution in [0.3, 0.4) is 0 Å². The number of carbonyl (C=O) groups excluding carboxylic acids is 1. The van der Waals surface area contributed by atoms with E-state index in [1.807, 2.05) is 0 Å². The normalized spacial score (nSPS) is 19.7. The molecule has 1 aliphatic rings. The molecular formula is C13H15ClFNO. The van der Waals surface area contributed by atoms with Crippen molar-refractivity contribution in [2.75, 3.05) is 19.0 Å². The summed E-state index contributed by atoms with van der Waals surface area (Å²) in [6, 6.07) is 4.44. The number of amides is 1. The molecule has 1 amide bonds. The molecule has 1 aliphatic heterocycles. The zero-order valence-electron chi connectivity index (χ0n) is 9.75. The Hall–Kier alpha value is -1.09. The van der Waals surface area contributed by atoms with Crippen LogP contribution in [-0.4, -0.2) is 29.8 Å². The van der Waals surface area contributed by atoms with E-state index in [0.717, 1.165) is 12.0 Å². The van der Waals surface area contributed by atoms with Crippen LogP contribution in [0.5, 0.6) is 0 Å². The number of aryl methyl sites for hydroxylation is 1. The summed E-state index contributed by atoms with van der Waals surface area (Å²) in [6.45, 7) is 3.18. The van der Waals surface area contributed by atoms with Gasteiger partial charge in [-0.3, -0.25) is 4.79 Å². The van der Waals surface area contributed by atoms with Gasteiger partial charge in [0.2, 0.25) is 0 Å². The molecule has 1 aromatic rings. The molecule has 2 rings (SSSR count). The van der Waals surface area contributed by atoms with Crippen LogP contribution in [0.15, 0.2) is 18.2 Å². The van der Waals surface area contributed by atoms with Crippen LogP contribution in [-0.2, 0) is 0 Å². The summed E-state index contributed by atoms with van der Waals surface area (Å²) >= 11 is 5.78. The van der Waals surface area contributed by atoms with Crippen LogP contribution in [0.1, 0.15) is 22.3 Å². The predicted molar refractivity (Wildman–Crippen MR) is 65.9 cm³/mol. The number of likely N-dealkylation sites (tertiary alicyclic amines) is 1. The second-order valence-corrected chi connectivity index (χ2v) is 4.89. The maximum Gasteiger partial charge on any atom is 0.253 e. The molecule has 1 unspecified atom stereocenters. The van der Waals surface area contributed by atoms with Gasteiger partial charge in [0, 0.05) is 24.5 Å². The fourth-order valence-electron chi connectivity index (χ4n) is 2.19. The molecule has 4 heteroatoms. The van der Waals surface area contributed by atoms with Crippen molar-refractivity contribution in [1.29, 1.82) is 0 Å². The summed E-state index contributed by atoms with van der Waals surface area (Å²) in [5, 5.41) is 0. The number of nitrogens with zero attached hydrogens (tertiary/aromatic N) is 1. The highest BCUT2D eigenvalue weighted by atomic mass is 35.5. The van der Waals surface area contributed by atoms with E-state index >= 15 is 0 Å². The van der Waals surface area contributed by atoms with Gasteiger partial charge in [0.1, 0.15) is 5.82 Å². The van der Waals surface area contributed by atoms with E-state index in [1.165, 1.54) is 12.1 Å². The van der Waals surface area contributed by atoms with Crippen molar-refractivity contribution >= 4 is 17.5 Å². The zero-order chi connectivity index (χ0) is 12.4. The van der Waals surface area contributed by atoms with Crippen molar-refractivity contribution in [1.82, 2.24) is 4.90 Å². The standard InChI is InChI=1S/C13H15ClFNO/c1-9-4-11(6-12(15)5-9)13(17)16-3-2-10(7-14)8-16/h4-6,10H,2-3,7-8H2,1H3. The number of benzene rings is 1. The Labute approximate surface area is 105 Å². The fraction of sp³-hybridized carbons (Fsp3) is 0.462. The van der Waals surface area contributed by atoms with Crippen LogP contribution >= 0.6 is 11.6 Å². The molecule has 1 aromatic carbocycles. The minimum Gasteiger partial charge on any atom is -0.338 e. The number of rotatable bonds is 2. The SMILES string of the molecule is Cc1cc(F)cc(C(=O)N2CCC(CCl)C2)c1. The lowest BCUT2D eigenvalue weighted by molar-refractivity contribution is 0.0787. The van der Waals surface area contributed by atoms with Gasteiger partial charge >= 0.3 is 0 Å². The predicted octanol–water partition coefficient (Wildman–Crippen LogP) is 2.84. The molecule has 1 saturated heterocycles. The molecule has 17 heavy (non-hydrogen) atoms. The third kappa shape index (κ3) is 2.78. The van der Waals surface area contributed by atoms with Gasteiger partial charge in [-0.25, -0.2) is 4.39 Å². The molecule has 0 saturated carbocycles. The highest BCUT2D eigenvalue weighted by Crippen LogP contribution is 2.20. The summed E-state index contributed by atoms with van der Waals surface area (Å²) in [5.74, 6) is 0.489. The quantitative estimate of drug-likeness (QED) is 0.744. The Kier molecular flexibility index (Phi) is 3.67. The first-order valence-electron chi connectivity index (χ1n) is 5.72. The first kappa shape index (κ1) is 12.4. The number of alkyl halides is 1. The summed E-state index contributed by atoms with van der Waals surface area (Å²) in [5.41, 5.74) is 1.19. The highest BCUT2D eigenvalue weighted by Gasteiger charge is 2.26. The molecule has 92 valence electrons. The van der Waals surface area contributed by atoms with Gasteiger partial charge in [-0.2, -0.15) is 0 Å². The van der Waals surface area contributed by atoms with E-state index in [4.69, 9.17) is 11.6 Å². The molecule has 0 aromatic heterocycles.